The average Bonchev–Trinajstić information content (AvgIpc) is 2.75. The summed E-state index contributed by atoms with van der Waals surface area (Å²) in [6, 6.07) is 1.79. The third-order valence-electron chi connectivity index (χ3n) is 2.05. The maximum absolute atomic E-state index is 11.7. The van der Waals surface area contributed by atoms with Crippen LogP contribution in [0.3, 0.4) is 0 Å². The van der Waals surface area contributed by atoms with Crippen LogP contribution in [-0.4, -0.2) is 15.3 Å². The first-order chi connectivity index (χ1) is 6.77. The van der Waals surface area contributed by atoms with Gasteiger partial charge in [-0.25, -0.2) is 4.98 Å². The van der Waals surface area contributed by atoms with E-state index in [1.807, 2.05) is 0 Å². The molecule has 0 N–H and O–H groups in total. The maximum atomic E-state index is 11.7. The molecule has 72 valence electrons. The van der Waals surface area contributed by atoms with Crippen molar-refractivity contribution in [3.8, 4) is 0 Å². The number of carbonyl (C=O) groups is 1. The second kappa shape index (κ2) is 3.49. The van der Waals surface area contributed by atoms with Gasteiger partial charge in [0.25, 0.3) is 0 Å². The van der Waals surface area contributed by atoms with Crippen LogP contribution in [-0.2, 0) is 13.5 Å². The van der Waals surface area contributed by atoms with Crippen LogP contribution >= 0.6 is 0 Å². The van der Waals surface area contributed by atoms with E-state index in [1.165, 1.54) is 0 Å². The monoisotopic (exact) mass is 190 g/mol. The van der Waals surface area contributed by atoms with Crippen molar-refractivity contribution >= 4 is 5.78 Å². The van der Waals surface area contributed by atoms with Crippen molar-refractivity contribution in [2.45, 2.75) is 6.42 Å². The highest BCUT2D eigenvalue weighted by Crippen LogP contribution is 2.06. The number of aromatic nitrogens is 2. The van der Waals surface area contributed by atoms with Crippen molar-refractivity contribution in [1.82, 2.24) is 9.55 Å². The molecule has 0 spiro atoms. The number of ketones is 1. The lowest BCUT2D eigenvalue weighted by atomic mass is 10.1. The van der Waals surface area contributed by atoms with Gasteiger partial charge < -0.3 is 8.98 Å². The Kier molecular flexibility index (Phi) is 2.18. The van der Waals surface area contributed by atoms with Gasteiger partial charge in [-0.1, -0.05) is 0 Å². The van der Waals surface area contributed by atoms with Crippen molar-refractivity contribution in [3.63, 3.8) is 0 Å². The topological polar surface area (TPSA) is 48.0 Å². The second-order valence-corrected chi connectivity index (χ2v) is 3.12. The standard InChI is InChI=1S/C10H10N2O2/c1-12-7-11-5-9(12)10(13)4-8-2-3-14-6-8/h2-3,5-7H,4H2,1H3. The number of hydrogen-bond donors (Lipinski definition) is 0. The molecule has 0 aliphatic heterocycles. The summed E-state index contributed by atoms with van der Waals surface area (Å²) < 4.78 is 6.60. The highest BCUT2D eigenvalue weighted by atomic mass is 16.3. The zero-order chi connectivity index (χ0) is 9.97. The summed E-state index contributed by atoms with van der Waals surface area (Å²) >= 11 is 0. The van der Waals surface area contributed by atoms with Gasteiger partial charge >= 0.3 is 0 Å². The predicted molar refractivity (Wildman–Crippen MR) is 50.0 cm³/mol. The van der Waals surface area contributed by atoms with E-state index >= 15 is 0 Å². The second-order valence-electron chi connectivity index (χ2n) is 3.12. The van der Waals surface area contributed by atoms with Crippen LogP contribution < -0.4 is 0 Å². The Morgan fingerprint density at radius 2 is 2.50 bits per heavy atom. The molecular weight excluding hydrogens is 180 g/mol. The molecule has 2 aromatic rings. The molecule has 4 nitrogen and oxygen atoms in total. The van der Waals surface area contributed by atoms with Crippen LogP contribution in [0, 0.1) is 0 Å². The normalized spacial score (nSPS) is 10.4. The summed E-state index contributed by atoms with van der Waals surface area (Å²) in [5.74, 6) is 0.0476. The molecule has 0 aliphatic rings. The minimum Gasteiger partial charge on any atom is -0.472 e. The minimum absolute atomic E-state index is 0.0476. The van der Waals surface area contributed by atoms with Gasteiger partial charge in [-0.05, 0) is 11.6 Å². The van der Waals surface area contributed by atoms with Crippen molar-refractivity contribution in [1.29, 1.82) is 0 Å². The third kappa shape index (κ3) is 1.59. The van der Waals surface area contributed by atoms with E-state index in [1.54, 1.807) is 42.7 Å². The third-order valence-corrected chi connectivity index (χ3v) is 2.05. The summed E-state index contributed by atoms with van der Waals surface area (Å²) in [7, 11) is 1.80. The molecule has 2 heterocycles. The quantitative estimate of drug-likeness (QED) is 0.688. The van der Waals surface area contributed by atoms with E-state index in [0.29, 0.717) is 12.1 Å². The summed E-state index contributed by atoms with van der Waals surface area (Å²) in [6.07, 6.45) is 6.68. The van der Waals surface area contributed by atoms with Crippen molar-refractivity contribution < 1.29 is 9.21 Å². The molecule has 0 bridgehead atoms. The van der Waals surface area contributed by atoms with E-state index < -0.39 is 0 Å². The molecule has 2 aromatic heterocycles. The van der Waals surface area contributed by atoms with Crippen LogP contribution in [0.15, 0.2) is 35.5 Å². The molecule has 0 radical (unpaired) electrons. The van der Waals surface area contributed by atoms with E-state index in [9.17, 15) is 4.79 Å². The van der Waals surface area contributed by atoms with Crippen LogP contribution in [0.4, 0.5) is 0 Å². The number of Topliss-reactive ketones (excluding diaryl/α,β-unsaturated/α-hetero) is 1. The number of rotatable bonds is 3. The average molecular weight is 190 g/mol. The first kappa shape index (κ1) is 8.74. The molecule has 0 fully saturated rings. The number of nitrogens with zero attached hydrogens (tertiary/aromatic N) is 2. The molecule has 0 saturated carbocycles. The van der Waals surface area contributed by atoms with Gasteiger partial charge in [-0.15, -0.1) is 0 Å². The van der Waals surface area contributed by atoms with Crippen LogP contribution in [0.25, 0.3) is 0 Å². The molecule has 4 heteroatoms. The van der Waals surface area contributed by atoms with Gasteiger partial charge in [0.05, 0.1) is 25.1 Å². The van der Waals surface area contributed by atoms with Gasteiger partial charge in [-0.2, -0.15) is 0 Å². The van der Waals surface area contributed by atoms with E-state index in [4.69, 9.17) is 4.42 Å². The molecule has 2 rings (SSSR count). The highest BCUT2D eigenvalue weighted by Gasteiger charge is 2.10. The largest absolute Gasteiger partial charge is 0.472 e. The van der Waals surface area contributed by atoms with Gasteiger partial charge in [0, 0.05) is 13.5 Å². The molecule has 0 aromatic carbocycles. The first-order valence-electron chi connectivity index (χ1n) is 4.28. The zero-order valence-electron chi connectivity index (χ0n) is 7.80. The number of furan rings is 1. The number of aryl methyl sites for hydroxylation is 1. The van der Waals surface area contributed by atoms with Crippen LogP contribution in [0.1, 0.15) is 16.1 Å². The first-order valence-corrected chi connectivity index (χ1v) is 4.28. The Morgan fingerprint density at radius 1 is 1.64 bits per heavy atom. The molecule has 0 atom stereocenters. The fourth-order valence-corrected chi connectivity index (χ4v) is 1.30. The Morgan fingerprint density at radius 3 is 3.07 bits per heavy atom. The molecule has 0 amide bonds. The Labute approximate surface area is 81.2 Å². The summed E-state index contributed by atoms with van der Waals surface area (Å²) in [5.41, 5.74) is 1.50. The van der Waals surface area contributed by atoms with Gasteiger partial charge in [0.2, 0.25) is 0 Å². The lowest BCUT2D eigenvalue weighted by Gasteiger charge is -1.98. The van der Waals surface area contributed by atoms with E-state index in [2.05, 4.69) is 4.98 Å². The van der Waals surface area contributed by atoms with Crippen LogP contribution in [0.2, 0.25) is 0 Å². The van der Waals surface area contributed by atoms with E-state index in [-0.39, 0.29) is 5.78 Å². The van der Waals surface area contributed by atoms with E-state index in [0.717, 1.165) is 5.56 Å². The zero-order valence-corrected chi connectivity index (χ0v) is 7.80. The fraction of sp³-hybridized carbons (Fsp3) is 0.200. The van der Waals surface area contributed by atoms with Gasteiger partial charge in [0.1, 0.15) is 5.69 Å². The summed E-state index contributed by atoms with van der Waals surface area (Å²) in [5, 5.41) is 0. The van der Waals surface area contributed by atoms with Crippen molar-refractivity contribution in [2.24, 2.45) is 7.05 Å². The molecule has 0 aliphatic carbocycles. The number of hydrogen-bond acceptors (Lipinski definition) is 3. The summed E-state index contributed by atoms with van der Waals surface area (Å²) in [6.45, 7) is 0. The molecular formula is C10H10N2O2. The molecule has 0 saturated heterocycles. The lowest BCUT2D eigenvalue weighted by Crippen LogP contribution is -2.07. The Bertz CT molecular complexity index is 429. The fourth-order valence-electron chi connectivity index (χ4n) is 1.30. The number of imidazole rings is 1. The SMILES string of the molecule is Cn1cncc1C(=O)Cc1ccoc1. The molecule has 0 unspecified atom stereocenters. The smallest absolute Gasteiger partial charge is 0.185 e. The summed E-state index contributed by atoms with van der Waals surface area (Å²) in [4.78, 5) is 15.6. The molecule has 14 heavy (non-hydrogen) atoms. The lowest BCUT2D eigenvalue weighted by molar-refractivity contribution is 0.0985. The number of carbonyl (C=O) groups excluding carboxylic acids is 1. The Hall–Kier alpha value is -1.84. The Balaban J connectivity index is 2.14. The predicted octanol–water partition coefficient (Wildman–Crippen LogP) is 1.44. The maximum Gasteiger partial charge on any atom is 0.185 e. The minimum atomic E-state index is 0.0476. The van der Waals surface area contributed by atoms with Crippen molar-refractivity contribution in [2.75, 3.05) is 0 Å². The van der Waals surface area contributed by atoms with Gasteiger partial charge in [0.15, 0.2) is 5.78 Å². The van der Waals surface area contributed by atoms with Crippen LogP contribution in [0.5, 0.6) is 0 Å². The van der Waals surface area contributed by atoms with Gasteiger partial charge in [-0.3, -0.25) is 4.79 Å². The highest BCUT2D eigenvalue weighted by molar-refractivity contribution is 5.95. The van der Waals surface area contributed by atoms with Crippen molar-refractivity contribution in [3.05, 3.63) is 42.4 Å².